The number of hydrogen-bond acceptors (Lipinski definition) is 5. The largest absolute Gasteiger partial charge is 0.497 e. The Morgan fingerprint density at radius 2 is 1.59 bits per heavy atom. The van der Waals surface area contributed by atoms with E-state index in [1.807, 2.05) is 24.0 Å². The van der Waals surface area contributed by atoms with Crippen LogP contribution < -0.4 is 18.9 Å². The molecular weight excluding hydrogens is 346 g/mol. The summed E-state index contributed by atoms with van der Waals surface area (Å²) in [5.41, 5.74) is 2.76. The van der Waals surface area contributed by atoms with Crippen molar-refractivity contribution in [2.75, 3.05) is 35.0 Å². The van der Waals surface area contributed by atoms with E-state index in [-0.39, 0.29) is 11.9 Å². The van der Waals surface area contributed by atoms with E-state index in [4.69, 9.17) is 18.9 Å². The number of methoxy groups -OCH3 is 4. The number of amides is 1. The van der Waals surface area contributed by atoms with Crippen LogP contribution in [0.4, 0.5) is 0 Å². The predicted octanol–water partition coefficient (Wildman–Crippen LogP) is 3.48. The lowest BCUT2D eigenvalue weighted by Gasteiger charge is -2.36. The van der Waals surface area contributed by atoms with Gasteiger partial charge in [0.15, 0.2) is 11.5 Å². The van der Waals surface area contributed by atoms with Gasteiger partial charge in [0.2, 0.25) is 0 Å². The second kappa shape index (κ2) is 7.78. The highest BCUT2D eigenvalue weighted by molar-refractivity contribution is 5.97. The Labute approximate surface area is 159 Å². The summed E-state index contributed by atoms with van der Waals surface area (Å²) in [7, 11) is 6.38. The molecule has 1 heterocycles. The fourth-order valence-corrected chi connectivity index (χ4v) is 3.55. The number of carbonyl (C=O) groups excluding carboxylic acids is 1. The van der Waals surface area contributed by atoms with Crippen LogP contribution in [0.2, 0.25) is 0 Å². The maximum absolute atomic E-state index is 13.2. The molecule has 1 aliphatic heterocycles. The van der Waals surface area contributed by atoms with Crippen molar-refractivity contribution >= 4 is 5.91 Å². The van der Waals surface area contributed by atoms with Crippen molar-refractivity contribution in [1.29, 1.82) is 0 Å². The number of ether oxygens (including phenoxy) is 4. The highest BCUT2D eigenvalue weighted by Crippen LogP contribution is 2.39. The highest BCUT2D eigenvalue weighted by Gasteiger charge is 2.31. The number of carbonyl (C=O) groups is 1. The van der Waals surface area contributed by atoms with Crippen molar-refractivity contribution in [1.82, 2.24) is 4.90 Å². The van der Waals surface area contributed by atoms with Gasteiger partial charge in [-0.15, -0.1) is 0 Å². The van der Waals surface area contributed by atoms with Gasteiger partial charge in [-0.2, -0.15) is 0 Å². The van der Waals surface area contributed by atoms with Crippen molar-refractivity contribution < 1.29 is 23.7 Å². The molecule has 0 saturated carbocycles. The lowest BCUT2D eigenvalue weighted by Crippen LogP contribution is -2.39. The standard InChI is InChI=1S/C21H25NO5/c1-13-17-12-20(27-5)19(26-4)10-14(17)8-9-22(13)21(23)16-7-6-15(24-2)11-18(16)25-3/h6-7,10-13H,8-9H2,1-5H3/t13-/m1/s1. The molecule has 6 nitrogen and oxygen atoms in total. The van der Waals surface area contributed by atoms with Gasteiger partial charge in [-0.1, -0.05) is 0 Å². The molecule has 1 amide bonds. The van der Waals surface area contributed by atoms with Crippen molar-refractivity contribution in [3.8, 4) is 23.0 Å². The van der Waals surface area contributed by atoms with E-state index in [2.05, 4.69) is 0 Å². The van der Waals surface area contributed by atoms with Gasteiger partial charge < -0.3 is 23.8 Å². The zero-order valence-corrected chi connectivity index (χ0v) is 16.4. The molecule has 0 unspecified atom stereocenters. The molecule has 0 aromatic heterocycles. The Kier molecular flexibility index (Phi) is 5.44. The number of nitrogens with zero attached hydrogens (tertiary/aromatic N) is 1. The van der Waals surface area contributed by atoms with Crippen LogP contribution in [-0.4, -0.2) is 45.8 Å². The Balaban J connectivity index is 1.95. The molecular formula is C21H25NO5. The molecule has 0 fully saturated rings. The van der Waals surface area contributed by atoms with Gasteiger partial charge in [-0.3, -0.25) is 4.79 Å². The molecule has 0 N–H and O–H groups in total. The zero-order chi connectivity index (χ0) is 19.6. The average Bonchev–Trinajstić information content (AvgIpc) is 2.72. The van der Waals surface area contributed by atoms with Crippen LogP contribution in [0, 0.1) is 0 Å². The minimum atomic E-state index is -0.0899. The van der Waals surface area contributed by atoms with E-state index in [0.29, 0.717) is 35.1 Å². The SMILES string of the molecule is COc1ccc(C(=O)N2CCc3cc(OC)c(OC)cc3[C@H]2C)c(OC)c1. The summed E-state index contributed by atoms with van der Waals surface area (Å²) in [5, 5.41) is 0. The van der Waals surface area contributed by atoms with E-state index in [0.717, 1.165) is 12.0 Å². The molecule has 27 heavy (non-hydrogen) atoms. The first-order valence-electron chi connectivity index (χ1n) is 8.81. The molecule has 3 rings (SSSR count). The summed E-state index contributed by atoms with van der Waals surface area (Å²) in [6.07, 6.45) is 0.754. The van der Waals surface area contributed by atoms with Gasteiger partial charge >= 0.3 is 0 Å². The minimum absolute atomic E-state index is 0.0672. The number of fused-ring (bicyclic) bond motifs is 1. The third-order valence-corrected chi connectivity index (χ3v) is 5.08. The molecule has 1 aliphatic rings. The molecule has 0 aliphatic carbocycles. The summed E-state index contributed by atoms with van der Waals surface area (Å²) < 4.78 is 21.5. The van der Waals surface area contributed by atoms with E-state index in [1.54, 1.807) is 46.6 Å². The summed E-state index contributed by atoms with van der Waals surface area (Å²) >= 11 is 0. The Morgan fingerprint density at radius 3 is 2.22 bits per heavy atom. The monoisotopic (exact) mass is 371 g/mol. The van der Waals surface area contributed by atoms with Crippen LogP contribution in [0.5, 0.6) is 23.0 Å². The van der Waals surface area contributed by atoms with Crippen LogP contribution >= 0.6 is 0 Å². The van der Waals surface area contributed by atoms with Gasteiger partial charge in [0, 0.05) is 12.6 Å². The third kappa shape index (κ3) is 3.39. The summed E-state index contributed by atoms with van der Waals surface area (Å²) in [4.78, 5) is 15.1. The second-order valence-electron chi connectivity index (χ2n) is 6.40. The maximum atomic E-state index is 13.2. The molecule has 144 valence electrons. The lowest BCUT2D eigenvalue weighted by atomic mass is 9.92. The van der Waals surface area contributed by atoms with Crippen molar-refractivity contribution in [2.24, 2.45) is 0 Å². The smallest absolute Gasteiger partial charge is 0.258 e. The quantitative estimate of drug-likeness (QED) is 0.805. The first-order chi connectivity index (χ1) is 13.0. The summed E-state index contributed by atoms with van der Waals surface area (Å²) in [6.45, 7) is 2.65. The number of benzene rings is 2. The van der Waals surface area contributed by atoms with Crippen LogP contribution in [0.25, 0.3) is 0 Å². The minimum Gasteiger partial charge on any atom is -0.497 e. The van der Waals surface area contributed by atoms with E-state index < -0.39 is 0 Å². The van der Waals surface area contributed by atoms with Gasteiger partial charge in [0.05, 0.1) is 40.0 Å². The first kappa shape index (κ1) is 18.9. The summed E-state index contributed by atoms with van der Waals surface area (Å²) in [6, 6.07) is 9.12. The third-order valence-electron chi connectivity index (χ3n) is 5.08. The Morgan fingerprint density at radius 1 is 0.926 bits per heavy atom. The highest BCUT2D eigenvalue weighted by atomic mass is 16.5. The van der Waals surface area contributed by atoms with Gasteiger partial charge in [0.25, 0.3) is 5.91 Å². The molecule has 0 saturated heterocycles. The first-order valence-corrected chi connectivity index (χ1v) is 8.81. The normalized spacial score (nSPS) is 15.7. The van der Waals surface area contributed by atoms with Crippen LogP contribution in [-0.2, 0) is 6.42 Å². The molecule has 0 spiro atoms. The topological polar surface area (TPSA) is 57.2 Å². The van der Waals surface area contributed by atoms with Gasteiger partial charge in [-0.05, 0) is 48.7 Å². The van der Waals surface area contributed by atoms with Crippen LogP contribution in [0.1, 0.15) is 34.5 Å². The van der Waals surface area contributed by atoms with Crippen molar-refractivity contribution in [3.63, 3.8) is 0 Å². The van der Waals surface area contributed by atoms with E-state index in [9.17, 15) is 4.79 Å². The number of hydrogen-bond donors (Lipinski definition) is 0. The van der Waals surface area contributed by atoms with Crippen LogP contribution in [0.3, 0.4) is 0 Å². The van der Waals surface area contributed by atoms with Gasteiger partial charge in [-0.25, -0.2) is 0 Å². The number of rotatable bonds is 5. The van der Waals surface area contributed by atoms with Crippen molar-refractivity contribution in [2.45, 2.75) is 19.4 Å². The maximum Gasteiger partial charge on any atom is 0.258 e. The Hall–Kier alpha value is -2.89. The molecule has 1 atom stereocenters. The Bertz CT molecular complexity index is 849. The molecule has 0 radical (unpaired) electrons. The summed E-state index contributed by atoms with van der Waals surface area (Å²) in [5.74, 6) is 2.46. The predicted molar refractivity (Wildman–Crippen MR) is 102 cm³/mol. The van der Waals surface area contributed by atoms with Crippen LogP contribution in [0.15, 0.2) is 30.3 Å². The fraction of sp³-hybridized carbons (Fsp3) is 0.381. The molecule has 0 bridgehead atoms. The van der Waals surface area contributed by atoms with Crippen molar-refractivity contribution in [3.05, 3.63) is 47.0 Å². The molecule has 2 aromatic rings. The van der Waals surface area contributed by atoms with E-state index >= 15 is 0 Å². The van der Waals surface area contributed by atoms with Gasteiger partial charge in [0.1, 0.15) is 11.5 Å². The fourth-order valence-electron chi connectivity index (χ4n) is 3.55. The average molecular weight is 371 g/mol. The lowest BCUT2D eigenvalue weighted by molar-refractivity contribution is 0.0674. The molecule has 6 heteroatoms. The second-order valence-corrected chi connectivity index (χ2v) is 6.40. The van der Waals surface area contributed by atoms with E-state index in [1.165, 1.54) is 5.56 Å². The molecule has 2 aromatic carbocycles. The zero-order valence-electron chi connectivity index (χ0n) is 16.4.